The molecule has 2 aliphatic rings. The molecule has 1 aliphatic heterocycles. The molecular weight excluding hydrogens is 386 g/mol. The fourth-order valence-electron chi connectivity index (χ4n) is 4.33. The molecule has 0 bridgehead atoms. The third-order valence-electron chi connectivity index (χ3n) is 6.56. The fourth-order valence-corrected chi connectivity index (χ4v) is 4.33. The zero-order chi connectivity index (χ0) is 21.6. The number of hydrogen-bond donors (Lipinski definition) is 0. The second-order valence-electron chi connectivity index (χ2n) is 9.18. The zero-order valence-electron chi connectivity index (χ0n) is 18.1. The van der Waals surface area contributed by atoms with Gasteiger partial charge in [0.25, 0.3) is 0 Å². The second-order valence-corrected chi connectivity index (χ2v) is 9.18. The molecule has 2 aromatic heterocycles. The summed E-state index contributed by atoms with van der Waals surface area (Å²) in [5.41, 5.74) is 4.95. The molecule has 1 saturated heterocycles. The predicted molar refractivity (Wildman–Crippen MR) is 121 cm³/mol. The Morgan fingerprint density at radius 1 is 1.06 bits per heavy atom. The largest absolute Gasteiger partial charge is 0.366 e. The van der Waals surface area contributed by atoms with E-state index in [1.165, 1.54) is 0 Å². The summed E-state index contributed by atoms with van der Waals surface area (Å²) in [4.78, 5) is 16.7. The highest BCUT2D eigenvalue weighted by atomic mass is 16.2. The van der Waals surface area contributed by atoms with Gasteiger partial charge in [0, 0.05) is 50.1 Å². The topological polar surface area (TPSA) is 64.6 Å². The van der Waals surface area contributed by atoms with Crippen LogP contribution in [-0.4, -0.2) is 46.6 Å². The highest BCUT2D eigenvalue weighted by molar-refractivity contribution is 5.82. The zero-order valence-corrected chi connectivity index (χ0v) is 18.1. The molecule has 0 N–H and O–H groups in total. The lowest BCUT2D eigenvalue weighted by Crippen LogP contribution is -2.49. The minimum absolute atomic E-state index is 0.289. The first-order chi connectivity index (χ1) is 15.0. The van der Waals surface area contributed by atoms with Gasteiger partial charge in [-0.15, -0.1) is 0 Å². The summed E-state index contributed by atoms with van der Waals surface area (Å²) < 4.78 is 1.93. The number of nitrogens with zero attached hydrogens (tertiary/aromatic N) is 5. The van der Waals surface area contributed by atoms with E-state index in [0.717, 1.165) is 66.9 Å². The van der Waals surface area contributed by atoms with Gasteiger partial charge in [0.2, 0.25) is 5.91 Å². The van der Waals surface area contributed by atoms with Gasteiger partial charge in [0.15, 0.2) is 0 Å². The summed E-state index contributed by atoms with van der Waals surface area (Å²) >= 11 is 0. The number of fused-ring (bicyclic) bond motifs is 1. The van der Waals surface area contributed by atoms with Gasteiger partial charge < -0.3 is 9.80 Å². The molecule has 6 heteroatoms. The molecule has 2 fully saturated rings. The number of nitriles is 1. The maximum Gasteiger partial charge on any atom is 0.225 e. The van der Waals surface area contributed by atoms with E-state index < -0.39 is 5.41 Å². The van der Waals surface area contributed by atoms with Crippen LogP contribution in [0.2, 0.25) is 0 Å². The van der Waals surface area contributed by atoms with Gasteiger partial charge in [-0.1, -0.05) is 24.3 Å². The van der Waals surface area contributed by atoms with Crippen LogP contribution >= 0.6 is 0 Å². The second kappa shape index (κ2) is 7.42. The first-order valence-electron chi connectivity index (χ1n) is 11.0. The van der Waals surface area contributed by atoms with Crippen LogP contribution in [0, 0.1) is 17.2 Å². The molecule has 0 radical (unpaired) electrons. The van der Waals surface area contributed by atoms with E-state index in [9.17, 15) is 10.1 Å². The number of carbonyl (C=O) groups excluding carboxylic acids is 1. The van der Waals surface area contributed by atoms with Crippen LogP contribution in [0.1, 0.15) is 32.3 Å². The monoisotopic (exact) mass is 413 g/mol. The molecule has 1 saturated carbocycles. The Morgan fingerprint density at radius 3 is 2.42 bits per heavy atom. The Hall–Kier alpha value is -3.33. The molecule has 1 aromatic carbocycles. The normalized spacial score (nSPS) is 17.1. The Balaban J connectivity index is 1.38. The van der Waals surface area contributed by atoms with Crippen molar-refractivity contribution in [1.29, 1.82) is 5.26 Å². The van der Waals surface area contributed by atoms with Crippen molar-refractivity contribution < 1.29 is 4.79 Å². The molecule has 6 nitrogen and oxygen atoms in total. The third-order valence-corrected chi connectivity index (χ3v) is 6.56. The average Bonchev–Trinajstić information content (AvgIpc) is 3.56. The maximum atomic E-state index is 12.4. The van der Waals surface area contributed by atoms with Gasteiger partial charge in [0.05, 0.1) is 22.7 Å². The Bertz CT molecular complexity index is 1160. The number of amides is 1. The Kier molecular flexibility index (Phi) is 4.70. The minimum atomic E-state index is -0.498. The highest BCUT2D eigenvalue weighted by Crippen LogP contribution is 2.33. The number of anilines is 1. The van der Waals surface area contributed by atoms with Crippen LogP contribution in [0.15, 0.2) is 48.8 Å². The van der Waals surface area contributed by atoms with Crippen LogP contribution in [0.5, 0.6) is 0 Å². The number of piperazine rings is 1. The lowest BCUT2D eigenvalue weighted by molar-refractivity contribution is -0.132. The molecule has 158 valence electrons. The summed E-state index contributed by atoms with van der Waals surface area (Å²) in [6.07, 6.45) is 6.01. The van der Waals surface area contributed by atoms with Gasteiger partial charge in [-0.25, -0.2) is 4.52 Å². The summed E-state index contributed by atoms with van der Waals surface area (Å²) in [6.45, 7) is 7.12. The Labute approximate surface area is 182 Å². The Morgan fingerprint density at radius 2 is 1.77 bits per heavy atom. The van der Waals surface area contributed by atoms with Gasteiger partial charge in [-0.2, -0.15) is 10.4 Å². The number of hydrogen-bond acceptors (Lipinski definition) is 4. The summed E-state index contributed by atoms with van der Waals surface area (Å²) in [5.74, 6) is 0.630. The standard InChI is InChI=1S/C25H27N5O/c1-25(2,17-26)21-7-5-18(6-8-21)20-15-23-22(9-10-27-30(23)16-20)28-11-13-29(14-12-28)24(31)19-3-4-19/h5-10,15-16,19H,3-4,11-14H2,1-2H3. The summed E-state index contributed by atoms with van der Waals surface area (Å²) in [5, 5.41) is 13.9. The molecule has 5 rings (SSSR count). The first-order valence-corrected chi connectivity index (χ1v) is 11.0. The van der Waals surface area contributed by atoms with Crippen molar-refractivity contribution in [2.75, 3.05) is 31.1 Å². The minimum Gasteiger partial charge on any atom is -0.366 e. The van der Waals surface area contributed by atoms with Gasteiger partial charge in [-0.3, -0.25) is 4.79 Å². The van der Waals surface area contributed by atoms with Crippen molar-refractivity contribution in [2.24, 2.45) is 5.92 Å². The molecule has 0 spiro atoms. The molecule has 3 aromatic rings. The van der Waals surface area contributed by atoms with Crippen molar-refractivity contribution >= 4 is 17.1 Å². The van der Waals surface area contributed by atoms with Crippen molar-refractivity contribution in [3.8, 4) is 17.2 Å². The number of benzene rings is 1. The van der Waals surface area contributed by atoms with Gasteiger partial charge in [0.1, 0.15) is 0 Å². The molecule has 0 unspecified atom stereocenters. The van der Waals surface area contributed by atoms with Gasteiger partial charge in [-0.05, 0) is 49.9 Å². The molecule has 31 heavy (non-hydrogen) atoms. The molecule has 0 atom stereocenters. The third kappa shape index (κ3) is 3.65. The number of rotatable bonds is 4. The smallest absolute Gasteiger partial charge is 0.225 e. The van der Waals surface area contributed by atoms with Crippen molar-refractivity contribution in [2.45, 2.75) is 32.1 Å². The molecule has 1 amide bonds. The van der Waals surface area contributed by atoms with Crippen LogP contribution < -0.4 is 4.90 Å². The van der Waals surface area contributed by atoms with E-state index in [4.69, 9.17) is 0 Å². The lowest BCUT2D eigenvalue weighted by atomic mass is 9.86. The van der Waals surface area contributed by atoms with Crippen molar-refractivity contribution in [3.63, 3.8) is 0 Å². The van der Waals surface area contributed by atoms with Crippen molar-refractivity contribution in [3.05, 3.63) is 54.4 Å². The first kappa shape index (κ1) is 19.6. The van der Waals surface area contributed by atoms with Crippen molar-refractivity contribution in [1.82, 2.24) is 14.5 Å². The van der Waals surface area contributed by atoms with E-state index >= 15 is 0 Å². The van der Waals surface area contributed by atoms with Crippen LogP contribution in [0.3, 0.4) is 0 Å². The number of aromatic nitrogens is 2. The highest BCUT2D eigenvalue weighted by Gasteiger charge is 2.34. The summed E-state index contributed by atoms with van der Waals surface area (Å²) in [6, 6.07) is 14.8. The van der Waals surface area contributed by atoms with E-state index in [1.807, 2.05) is 41.6 Å². The average molecular weight is 414 g/mol. The summed E-state index contributed by atoms with van der Waals surface area (Å²) in [7, 11) is 0. The molecular formula is C25H27N5O. The quantitative estimate of drug-likeness (QED) is 0.651. The molecule has 1 aliphatic carbocycles. The predicted octanol–water partition coefficient (Wildman–Crippen LogP) is 3.86. The van der Waals surface area contributed by atoms with Gasteiger partial charge >= 0.3 is 0 Å². The van der Waals surface area contributed by atoms with E-state index in [0.29, 0.717) is 5.91 Å². The number of carbonyl (C=O) groups is 1. The lowest BCUT2D eigenvalue weighted by Gasteiger charge is -2.36. The van der Waals surface area contributed by atoms with E-state index in [-0.39, 0.29) is 5.92 Å². The SMILES string of the molecule is CC(C)(C#N)c1ccc(-c2cc3c(N4CCN(C(=O)C5CC5)CC4)ccnn3c2)cc1. The molecule has 3 heterocycles. The van der Waals surface area contributed by atoms with Crippen LogP contribution in [0.25, 0.3) is 16.6 Å². The van der Waals surface area contributed by atoms with E-state index in [2.05, 4.69) is 46.5 Å². The van der Waals surface area contributed by atoms with E-state index in [1.54, 1.807) is 0 Å². The maximum absolute atomic E-state index is 12.4. The van der Waals surface area contributed by atoms with Crippen LogP contribution in [0.4, 0.5) is 5.69 Å². The van der Waals surface area contributed by atoms with Crippen LogP contribution in [-0.2, 0) is 10.2 Å². The fraction of sp³-hybridized carbons (Fsp3) is 0.400.